The normalized spacial score (nSPS) is 12.0. The average molecular weight is 276 g/mol. The van der Waals surface area contributed by atoms with Gasteiger partial charge in [0.1, 0.15) is 5.52 Å². The standard InChI is InChI=1S/C15H24N4O/c1-15(2,3)13-11-12-14(16-7-5-6-10-20-4)17-8-9-19(12)18-13/h8-9,11H,5-7,10H2,1-4H3,(H,16,17). The van der Waals surface area contributed by atoms with E-state index in [4.69, 9.17) is 4.74 Å². The minimum absolute atomic E-state index is 0.0434. The molecular formula is C15H24N4O. The number of nitrogens with one attached hydrogen (secondary N) is 1. The molecule has 0 aromatic carbocycles. The monoisotopic (exact) mass is 276 g/mol. The second kappa shape index (κ2) is 6.22. The molecule has 1 N–H and O–H groups in total. The van der Waals surface area contributed by atoms with Crippen LogP contribution in [0.25, 0.3) is 5.52 Å². The third-order valence-corrected chi connectivity index (χ3v) is 3.23. The van der Waals surface area contributed by atoms with Crippen molar-refractivity contribution in [1.82, 2.24) is 14.6 Å². The number of unbranched alkanes of at least 4 members (excludes halogenated alkanes) is 1. The highest BCUT2D eigenvalue weighted by Gasteiger charge is 2.18. The first-order valence-corrected chi connectivity index (χ1v) is 7.10. The number of fused-ring (bicyclic) bond motifs is 1. The molecule has 0 aliphatic carbocycles. The van der Waals surface area contributed by atoms with Crippen LogP contribution >= 0.6 is 0 Å². The molecule has 2 heterocycles. The van der Waals surface area contributed by atoms with Crippen molar-refractivity contribution in [2.75, 3.05) is 25.6 Å². The van der Waals surface area contributed by atoms with Gasteiger partial charge >= 0.3 is 0 Å². The van der Waals surface area contributed by atoms with Crippen LogP contribution in [0.3, 0.4) is 0 Å². The molecule has 20 heavy (non-hydrogen) atoms. The average Bonchev–Trinajstić information content (AvgIpc) is 2.83. The predicted molar refractivity (Wildman–Crippen MR) is 81.3 cm³/mol. The zero-order valence-corrected chi connectivity index (χ0v) is 12.8. The fourth-order valence-electron chi connectivity index (χ4n) is 2.00. The van der Waals surface area contributed by atoms with E-state index in [-0.39, 0.29) is 5.41 Å². The minimum atomic E-state index is 0.0434. The lowest BCUT2D eigenvalue weighted by molar-refractivity contribution is 0.194. The Morgan fingerprint density at radius 2 is 2.10 bits per heavy atom. The van der Waals surface area contributed by atoms with Crippen molar-refractivity contribution < 1.29 is 4.74 Å². The van der Waals surface area contributed by atoms with Crippen molar-refractivity contribution in [2.24, 2.45) is 0 Å². The topological polar surface area (TPSA) is 51.5 Å². The Balaban J connectivity index is 2.11. The molecule has 0 radical (unpaired) electrons. The molecule has 0 unspecified atom stereocenters. The molecule has 0 saturated carbocycles. The Kier molecular flexibility index (Phi) is 4.60. The van der Waals surface area contributed by atoms with Crippen molar-refractivity contribution >= 4 is 11.3 Å². The van der Waals surface area contributed by atoms with E-state index in [1.807, 2.05) is 10.7 Å². The smallest absolute Gasteiger partial charge is 0.152 e. The lowest BCUT2D eigenvalue weighted by Crippen LogP contribution is -2.11. The molecule has 2 aromatic rings. The van der Waals surface area contributed by atoms with Crippen molar-refractivity contribution in [2.45, 2.75) is 39.0 Å². The third kappa shape index (κ3) is 3.48. The highest BCUT2D eigenvalue weighted by molar-refractivity contribution is 5.68. The van der Waals surface area contributed by atoms with E-state index in [1.54, 1.807) is 13.3 Å². The maximum atomic E-state index is 5.05. The van der Waals surface area contributed by atoms with Crippen molar-refractivity contribution in [1.29, 1.82) is 0 Å². The second-order valence-corrected chi connectivity index (χ2v) is 6.01. The number of nitrogens with zero attached hydrogens (tertiary/aromatic N) is 3. The first-order chi connectivity index (χ1) is 9.52. The molecule has 5 heteroatoms. The number of hydrogen-bond donors (Lipinski definition) is 1. The summed E-state index contributed by atoms with van der Waals surface area (Å²) in [4.78, 5) is 4.42. The summed E-state index contributed by atoms with van der Waals surface area (Å²) in [6.45, 7) is 8.20. The molecule has 0 fully saturated rings. The molecule has 0 amide bonds. The van der Waals surface area contributed by atoms with Gasteiger partial charge in [0.25, 0.3) is 0 Å². The lowest BCUT2D eigenvalue weighted by Gasteiger charge is -2.13. The fourth-order valence-corrected chi connectivity index (χ4v) is 2.00. The Labute approximate surface area is 120 Å². The Morgan fingerprint density at radius 1 is 1.30 bits per heavy atom. The molecule has 0 saturated heterocycles. The summed E-state index contributed by atoms with van der Waals surface area (Å²) < 4.78 is 6.94. The molecule has 5 nitrogen and oxygen atoms in total. The summed E-state index contributed by atoms with van der Waals surface area (Å²) in [6.07, 6.45) is 5.79. The van der Waals surface area contributed by atoms with Crippen LogP contribution in [0.2, 0.25) is 0 Å². The second-order valence-electron chi connectivity index (χ2n) is 6.01. The molecule has 0 aliphatic rings. The van der Waals surface area contributed by atoms with E-state index in [2.05, 4.69) is 42.2 Å². The zero-order chi connectivity index (χ0) is 14.6. The fraction of sp³-hybridized carbons (Fsp3) is 0.600. The van der Waals surface area contributed by atoms with Gasteiger partial charge in [0.2, 0.25) is 0 Å². The quantitative estimate of drug-likeness (QED) is 0.824. The number of aromatic nitrogens is 3. The highest BCUT2D eigenvalue weighted by atomic mass is 16.5. The Bertz CT molecular complexity index is 556. The molecule has 0 bridgehead atoms. The molecule has 0 atom stereocenters. The number of rotatable bonds is 6. The van der Waals surface area contributed by atoms with Crippen LogP contribution in [0.5, 0.6) is 0 Å². The van der Waals surface area contributed by atoms with Crippen molar-refractivity contribution in [3.05, 3.63) is 24.2 Å². The van der Waals surface area contributed by atoms with Crippen LogP contribution in [0, 0.1) is 0 Å². The van der Waals surface area contributed by atoms with Crippen molar-refractivity contribution in [3.8, 4) is 0 Å². The number of anilines is 1. The van der Waals surface area contributed by atoms with E-state index in [1.165, 1.54) is 0 Å². The van der Waals surface area contributed by atoms with Gasteiger partial charge in [-0.25, -0.2) is 9.50 Å². The van der Waals surface area contributed by atoms with Crippen LogP contribution in [-0.4, -0.2) is 34.9 Å². The van der Waals surface area contributed by atoms with E-state index < -0.39 is 0 Å². The van der Waals surface area contributed by atoms with Gasteiger partial charge in [-0.15, -0.1) is 0 Å². The van der Waals surface area contributed by atoms with E-state index >= 15 is 0 Å². The zero-order valence-electron chi connectivity index (χ0n) is 12.8. The van der Waals surface area contributed by atoms with Gasteiger partial charge in [0.15, 0.2) is 5.82 Å². The molecule has 0 spiro atoms. The molecular weight excluding hydrogens is 252 g/mol. The largest absolute Gasteiger partial charge is 0.385 e. The Hall–Kier alpha value is -1.62. The van der Waals surface area contributed by atoms with Crippen LogP contribution < -0.4 is 5.32 Å². The molecule has 0 aliphatic heterocycles. The summed E-state index contributed by atoms with van der Waals surface area (Å²) in [5, 5.41) is 8.00. The summed E-state index contributed by atoms with van der Waals surface area (Å²) in [5.41, 5.74) is 2.15. The van der Waals surface area contributed by atoms with Crippen LogP contribution in [0.4, 0.5) is 5.82 Å². The van der Waals surface area contributed by atoms with Crippen LogP contribution in [-0.2, 0) is 10.2 Å². The molecule has 110 valence electrons. The lowest BCUT2D eigenvalue weighted by atomic mass is 9.92. The van der Waals surface area contributed by atoms with Crippen LogP contribution in [0.1, 0.15) is 39.3 Å². The number of hydrogen-bond acceptors (Lipinski definition) is 4. The number of methoxy groups -OCH3 is 1. The van der Waals surface area contributed by atoms with Crippen LogP contribution in [0.15, 0.2) is 18.5 Å². The summed E-state index contributed by atoms with van der Waals surface area (Å²) >= 11 is 0. The van der Waals surface area contributed by atoms with Gasteiger partial charge in [-0.05, 0) is 18.9 Å². The minimum Gasteiger partial charge on any atom is -0.385 e. The predicted octanol–water partition coefficient (Wildman–Crippen LogP) is 2.87. The van der Waals surface area contributed by atoms with Gasteiger partial charge in [-0.1, -0.05) is 20.8 Å². The summed E-state index contributed by atoms with van der Waals surface area (Å²) in [5.74, 6) is 0.896. The maximum Gasteiger partial charge on any atom is 0.152 e. The van der Waals surface area contributed by atoms with Gasteiger partial charge in [0, 0.05) is 38.1 Å². The third-order valence-electron chi connectivity index (χ3n) is 3.23. The van der Waals surface area contributed by atoms with Crippen molar-refractivity contribution in [3.63, 3.8) is 0 Å². The molecule has 2 rings (SSSR count). The van der Waals surface area contributed by atoms with E-state index in [0.717, 1.165) is 43.0 Å². The summed E-state index contributed by atoms with van der Waals surface area (Å²) in [7, 11) is 1.73. The van der Waals surface area contributed by atoms with Gasteiger partial charge in [0.05, 0.1) is 5.69 Å². The SMILES string of the molecule is COCCCCNc1nccn2nc(C(C)(C)C)cc12. The molecule has 2 aromatic heterocycles. The van der Waals surface area contributed by atoms with E-state index in [0.29, 0.717) is 0 Å². The first kappa shape index (κ1) is 14.8. The van der Waals surface area contributed by atoms with Gasteiger partial charge in [-0.2, -0.15) is 5.10 Å². The van der Waals surface area contributed by atoms with E-state index in [9.17, 15) is 0 Å². The first-order valence-electron chi connectivity index (χ1n) is 7.10. The highest BCUT2D eigenvalue weighted by Crippen LogP contribution is 2.24. The van der Waals surface area contributed by atoms with Gasteiger partial charge in [-0.3, -0.25) is 0 Å². The Morgan fingerprint density at radius 3 is 2.80 bits per heavy atom. The maximum absolute atomic E-state index is 5.05. The van der Waals surface area contributed by atoms with Gasteiger partial charge < -0.3 is 10.1 Å². The summed E-state index contributed by atoms with van der Waals surface area (Å²) in [6, 6.07) is 2.12. The number of ether oxygens (including phenoxy) is 1.